The third-order valence-corrected chi connectivity index (χ3v) is 5.19. The highest BCUT2D eigenvalue weighted by atomic mass is 16.3. The van der Waals surface area contributed by atoms with Crippen molar-refractivity contribution in [3.63, 3.8) is 0 Å². The van der Waals surface area contributed by atoms with Crippen LogP contribution in [-0.2, 0) is 0 Å². The molecule has 0 spiro atoms. The quantitative estimate of drug-likeness (QED) is 0.361. The van der Waals surface area contributed by atoms with Crippen LogP contribution in [0.15, 0.2) is 83.4 Å². The molecule has 2 aromatic heterocycles. The van der Waals surface area contributed by atoms with E-state index in [0.29, 0.717) is 11.1 Å². The van der Waals surface area contributed by atoms with Crippen LogP contribution in [0.25, 0.3) is 44.3 Å². The SMILES string of the molecule is Cc1c(-c2ccccc2)cc2c(oc3c(-c4ccccn4)cccc32)c1C#N. The highest BCUT2D eigenvalue weighted by molar-refractivity contribution is 6.12. The maximum Gasteiger partial charge on any atom is 0.153 e. The van der Waals surface area contributed by atoms with Crippen molar-refractivity contribution >= 4 is 21.9 Å². The summed E-state index contributed by atoms with van der Waals surface area (Å²) in [6.07, 6.45) is 1.77. The Kier molecular flexibility index (Phi) is 3.70. The van der Waals surface area contributed by atoms with Crippen LogP contribution in [0.2, 0.25) is 0 Å². The molecule has 0 saturated carbocycles. The van der Waals surface area contributed by atoms with Crippen LogP contribution in [-0.4, -0.2) is 4.98 Å². The van der Waals surface area contributed by atoms with Gasteiger partial charge in [-0.15, -0.1) is 0 Å². The lowest BCUT2D eigenvalue weighted by Crippen LogP contribution is -1.89. The molecule has 0 fully saturated rings. The lowest BCUT2D eigenvalue weighted by Gasteiger charge is -2.08. The van der Waals surface area contributed by atoms with Crippen LogP contribution in [0.3, 0.4) is 0 Å². The van der Waals surface area contributed by atoms with Crippen molar-refractivity contribution in [2.45, 2.75) is 6.92 Å². The fraction of sp³-hybridized carbons (Fsp3) is 0.0400. The van der Waals surface area contributed by atoms with Gasteiger partial charge in [-0.25, -0.2) is 0 Å². The van der Waals surface area contributed by atoms with Crippen molar-refractivity contribution in [3.05, 3.63) is 90.1 Å². The molecule has 3 aromatic carbocycles. The summed E-state index contributed by atoms with van der Waals surface area (Å²) in [6, 6.07) is 26.5. The third kappa shape index (κ3) is 2.39. The fourth-order valence-corrected chi connectivity index (χ4v) is 3.80. The van der Waals surface area contributed by atoms with Gasteiger partial charge in [-0.1, -0.05) is 48.5 Å². The van der Waals surface area contributed by atoms with E-state index in [0.717, 1.165) is 44.3 Å². The Morgan fingerprint density at radius 1 is 0.821 bits per heavy atom. The van der Waals surface area contributed by atoms with E-state index >= 15 is 0 Å². The Morgan fingerprint density at radius 2 is 1.64 bits per heavy atom. The maximum absolute atomic E-state index is 9.88. The molecule has 0 aliphatic rings. The van der Waals surface area contributed by atoms with E-state index in [-0.39, 0.29) is 0 Å². The summed E-state index contributed by atoms with van der Waals surface area (Å²) in [5, 5.41) is 11.8. The number of hydrogen-bond donors (Lipinski definition) is 0. The average molecular weight is 360 g/mol. The van der Waals surface area contributed by atoms with E-state index < -0.39 is 0 Å². The van der Waals surface area contributed by atoms with E-state index in [4.69, 9.17) is 4.42 Å². The molecule has 132 valence electrons. The van der Waals surface area contributed by atoms with Gasteiger partial charge in [0.05, 0.1) is 11.3 Å². The van der Waals surface area contributed by atoms with Gasteiger partial charge in [0.2, 0.25) is 0 Å². The number of nitrogens with zero attached hydrogens (tertiary/aromatic N) is 2. The number of fused-ring (bicyclic) bond motifs is 3. The number of para-hydroxylation sites is 1. The first-order chi connectivity index (χ1) is 13.8. The van der Waals surface area contributed by atoms with E-state index in [1.807, 2.05) is 61.5 Å². The van der Waals surface area contributed by atoms with Gasteiger partial charge < -0.3 is 4.42 Å². The molecule has 0 aliphatic heterocycles. The highest BCUT2D eigenvalue weighted by Gasteiger charge is 2.19. The lowest BCUT2D eigenvalue weighted by atomic mass is 9.94. The van der Waals surface area contributed by atoms with Gasteiger partial charge in [-0.3, -0.25) is 4.98 Å². The van der Waals surface area contributed by atoms with Crippen LogP contribution >= 0.6 is 0 Å². The number of nitriles is 1. The molecule has 0 amide bonds. The molecule has 0 atom stereocenters. The molecule has 0 aliphatic carbocycles. The van der Waals surface area contributed by atoms with E-state index in [1.54, 1.807) is 6.20 Å². The largest absolute Gasteiger partial charge is 0.454 e. The van der Waals surface area contributed by atoms with Gasteiger partial charge in [0.15, 0.2) is 5.58 Å². The molecule has 3 heteroatoms. The smallest absolute Gasteiger partial charge is 0.153 e. The first kappa shape index (κ1) is 16.3. The zero-order valence-electron chi connectivity index (χ0n) is 15.3. The Balaban J connectivity index is 1.89. The molecule has 2 heterocycles. The molecule has 28 heavy (non-hydrogen) atoms. The zero-order valence-corrected chi connectivity index (χ0v) is 15.3. The summed E-state index contributed by atoms with van der Waals surface area (Å²) >= 11 is 0. The average Bonchev–Trinajstić information content (AvgIpc) is 3.13. The normalized spacial score (nSPS) is 11.0. The number of benzene rings is 3. The summed E-state index contributed by atoms with van der Waals surface area (Å²) in [6.45, 7) is 1.98. The summed E-state index contributed by atoms with van der Waals surface area (Å²) in [5.41, 5.74) is 6.83. The summed E-state index contributed by atoms with van der Waals surface area (Å²) in [7, 11) is 0. The predicted octanol–water partition coefficient (Wildman–Crippen LogP) is 6.50. The van der Waals surface area contributed by atoms with E-state index in [2.05, 4.69) is 29.3 Å². The van der Waals surface area contributed by atoms with Crippen molar-refractivity contribution in [2.75, 3.05) is 0 Å². The molecule has 0 unspecified atom stereocenters. The Bertz CT molecular complexity index is 1360. The molecular formula is C25H16N2O. The van der Waals surface area contributed by atoms with Gasteiger partial charge in [0.1, 0.15) is 11.7 Å². The summed E-state index contributed by atoms with van der Waals surface area (Å²) < 4.78 is 6.27. The molecule has 5 rings (SSSR count). The number of furan rings is 1. The number of aromatic nitrogens is 1. The topological polar surface area (TPSA) is 49.8 Å². The number of hydrogen-bond acceptors (Lipinski definition) is 3. The minimum absolute atomic E-state index is 0.583. The van der Waals surface area contributed by atoms with Gasteiger partial charge in [0.25, 0.3) is 0 Å². The molecule has 0 bridgehead atoms. The Hall–Kier alpha value is -3.90. The fourth-order valence-electron chi connectivity index (χ4n) is 3.80. The van der Waals surface area contributed by atoms with E-state index in [1.165, 1.54) is 0 Å². The predicted molar refractivity (Wildman–Crippen MR) is 112 cm³/mol. The van der Waals surface area contributed by atoms with Crippen LogP contribution in [0.1, 0.15) is 11.1 Å². The standard InChI is InChI=1S/C25H16N2O/c1-16-20(17-8-3-2-4-9-17)14-21-18-10-7-11-19(23-12-5-6-13-27-23)24(18)28-25(21)22(16)15-26/h2-14H,1H3. The Labute approximate surface area is 162 Å². The van der Waals surface area contributed by atoms with Crippen LogP contribution < -0.4 is 0 Å². The van der Waals surface area contributed by atoms with Crippen LogP contribution in [0.5, 0.6) is 0 Å². The minimum atomic E-state index is 0.583. The highest BCUT2D eigenvalue weighted by Crippen LogP contribution is 2.40. The van der Waals surface area contributed by atoms with Crippen LogP contribution in [0.4, 0.5) is 0 Å². The van der Waals surface area contributed by atoms with E-state index in [9.17, 15) is 5.26 Å². The molecule has 0 radical (unpaired) electrons. The third-order valence-electron chi connectivity index (χ3n) is 5.19. The van der Waals surface area contributed by atoms with Crippen molar-refractivity contribution in [1.82, 2.24) is 4.98 Å². The molecule has 5 aromatic rings. The molecule has 0 saturated heterocycles. The van der Waals surface area contributed by atoms with Gasteiger partial charge >= 0.3 is 0 Å². The number of rotatable bonds is 2. The lowest BCUT2D eigenvalue weighted by molar-refractivity contribution is 0.668. The number of pyridine rings is 1. The second kappa shape index (κ2) is 6.37. The molecule has 0 N–H and O–H groups in total. The first-order valence-corrected chi connectivity index (χ1v) is 9.13. The zero-order chi connectivity index (χ0) is 19.1. The van der Waals surface area contributed by atoms with Crippen molar-refractivity contribution in [3.8, 4) is 28.5 Å². The van der Waals surface area contributed by atoms with Crippen molar-refractivity contribution in [2.24, 2.45) is 0 Å². The van der Waals surface area contributed by atoms with Gasteiger partial charge in [-0.05, 0) is 47.9 Å². The first-order valence-electron chi connectivity index (χ1n) is 9.13. The minimum Gasteiger partial charge on any atom is -0.454 e. The second-order valence-electron chi connectivity index (χ2n) is 6.78. The van der Waals surface area contributed by atoms with Gasteiger partial charge in [0, 0.05) is 22.5 Å². The summed E-state index contributed by atoms with van der Waals surface area (Å²) in [4.78, 5) is 4.47. The Morgan fingerprint density at radius 3 is 2.39 bits per heavy atom. The van der Waals surface area contributed by atoms with Gasteiger partial charge in [-0.2, -0.15) is 5.26 Å². The second-order valence-corrected chi connectivity index (χ2v) is 6.78. The van der Waals surface area contributed by atoms with Crippen LogP contribution in [0, 0.1) is 18.3 Å². The maximum atomic E-state index is 9.88. The summed E-state index contributed by atoms with van der Waals surface area (Å²) in [5.74, 6) is 0. The molecular weight excluding hydrogens is 344 g/mol. The van der Waals surface area contributed by atoms with Crippen molar-refractivity contribution in [1.29, 1.82) is 5.26 Å². The molecule has 3 nitrogen and oxygen atoms in total. The monoisotopic (exact) mass is 360 g/mol. The van der Waals surface area contributed by atoms with Crippen molar-refractivity contribution < 1.29 is 4.42 Å².